The Labute approximate surface area is 398 Å². The number of carboxylic acids is 1. The van der Waals surface area contributed by atoms with Crippen LogP contribution in [0.3, 0.4) is 0 Å². The first kappa shape index (κ1) is 43.6. The molecule has 68 heavy (non-hydrogen) atoms. The number of benzene rings is 5. The van der Waals surface area contributed by atoms with Gasteiger partial charge in [0.05, 0.1) is 30.2 Å². The Kier molecular flexibility index (Phi) is 11.5. The first-order chi connectivity index (χ1) is 33.1. The molecule has 0 fully saturated rings. The lowest BCUT2D eigenvalue weighted by Crippen LogP contribution is -2.45. The van der Waals surface area contributed by atoms with Crippen LogP contribution in [-0.4, -0.2) is 79.7 Å². The smallest absolute Gasteiger partial charge is 0.336 e. The van der Waals surface area contributed by atoms with E-state index in [4.69, 9.17) is 21.1 Å². The third-order valence-electron chi connectivity index (χ3n) is 14.4. The maximum absolute atomic E-state index is 13.7. The molecule has 3 N–H and O–H groups in total. The number of anilines is 1. The van der Waals surface area contributed by atoms with Crippen LogP contribution in [0.1, 0.15) is 109 Å². The molecule has 6 heterocycles. The number of hydrogen-bond acceptors (Lipinski definition) is 7. The number of ether oxygens (including phenoxy) is 2. The molecule has 13 heteroatoms. The zero-order valence-electron chi connectivity index (χ0n) is 38.1. The number of nitrogens with one attached hydrogen (secondary N) is 2. The van der Waals surface area contributed by atoms with E-state index in [-0.39, 0.29) is 35.3 Å². The minimum absolute atomic E-state index is 0.0521. The molecule has 0 radical (unpaired) electrons. The molecule has 1 aromatic heterocycles. The molecular weight excluding hydrogens is 878 g/mol. The zero-order valence-corrected chi connectivity index (χ0v) is 38.9. The molecule has 0 atom stereocenters. The number of nitrogens with zero attached hydrogens (tertiary/aromatic N) is 3. The number of aryl methyl sites for hydroxylation is 2. The molecule has 5 aliphatic rings. The molecule has 5 aliphatic heterocycles. The van der Waals surface area contributed by atoms with Crippen LogP contribution in [0.5, 0.6) is 17.2 Å². The van der Waals surface area contributed by atoms with E-state index >= 15 is 0 Å². The van der Waals surface area contributed by atoms with E-state index < -0.39 is 5.97 Å². The highest BCUT2D eigenvalue weighted by atomic mass is 35.5. The molecule has 2 amide bonds. The second kappa shape index (κ2) is 18.0. The van der Waals surface area contributed by atoms with Gasteiger partial charge in [0.1, 0.15) is 30.3 Å². The summed E-state index contributed by atoms with van der Waals surface area (Å²) in [7, 11) is 1.57. The van der Waals surface area contributed by atoms with Crippen molar-refractivity contribution in [3.05, 3.63) is 150 Å². The first-order valence-electron chi connectivity index (χ1n) is 24.0. The molecule has 5 aromatic carbocycles. The SMILES string of the molecule is COc1ccc2c(c1)c(CC(=O)NCCCCNC(=O)c1ccc(C3=c4cc5c6c(c4Oc4c3cc3c7c4CCCN7CCC3)CCC[N+]=6CCC5)c(C(=O)O)c1)cn2C(=O)c1ccc(Cl)cc1. The summed E-state index contributed by atoms with van der Waals surface area (Å²) in [5, 5.41) is 20.3. The van der Waals surface area contributed by atoms with Gasteiger partial charge in [0.15, 0.2) is 0 Å². The van der Waals surface area contributed by atoms with E-state index in [1.54, 1.807) is 60.3 Å². The van der Waals surface area contributed by atoms with E-state index in [0.717, 1.165) is 111 Å². The number of halogens is 1. The lowest BCUT2D eigenvalue weighted by atomic mass is 9.81. The van der Waals surface area contributed by atoms with Gasteiger partial charge in [-0.2, -0.15) is 0 Å². The summed E-state index contributed by atoms with van der Waals surface area (Å²) in [6, 6.07) is 21.7. The summed E-state index contributed by atoms with van der Waals surface area (Å²) in [6.07, 6.45) is 10.9. The predicted octanol–water partition coefficient (Wildman–Crippen LogP) is 6.99. The second-order valence-corrected chi connectivity index (χ2v) is 19.1. The highest BCUT2D eigenvalue weighted by molar-refractivity contribution is 6.30. The summed E-state index contributed by atoms with van der Waals surface area (Å²) < 4.78 is 16.7. The van der Waals surface area contributed by atoms with Crippen molar-refractivity contribution in [3.63, 3.8) is 0 Å². The Balaban J connectivity index is 0.808. The summed E-state index contributed by atoms with van der Waals surface area (Å²) in [4.78, 5) is 56.2. The summed E-state index contributed by atoms with van der Waals surface area (Å²) in [5.41, 5.74) is 10.9. The van der Waals surface area contributed by atoms with Crippen LogP contribution < -0.4 is 40.2 Å². The number of unbranched alkanes of at least 4 members (excludes halogenated alkanes) is 1. The summed E-state index contributed by atoms with van der Waals surface area (Å²) in [6.45, 7) is 4.85. The number of hydrogen-bond donors (Lipinski definition) is 3. The van der Waals surface area contributed by atoms with Gasteiger partial charge in [-0.25, -0.2) is 9.37 Å². The quantitative estimate of drug-likeness (QED) is 0.0880. The molecule has 12 nitrogen and oxygen atoms in total. The van der Waals surface area contributed by atoms with E-state index in [0.29, 0.717) is 58.9 Å². The molecule has 0 saturated carbocycles. The Morgan fingerprint density at radius 1 is 0.779 bits per heavy atom. The van der Waals surface area contributed by atoms with Crippen LogP contribution in [0.2, 0.25) is 5.02 Å². The fourth-order valence-corrected chi connectivity index (χ4v) is 11.5. The molecule has 346 valence electrons. The van der Waals surface area contributed by atoms with Gasteiger partial charge in [-0.05, 0) is 135 Å². The molecule has 11 rings (SSSR count). The van der Waals surface area contributed by atoms with Crippen LogP contribution in [0.4, 0.5) is 5.69 Å². The van der Waals surface area contributed by atoms with Gasteiger partial charge in [-0.1, -0.05) is 17.7 Å². The fraction of sp³-hybridized carbons (Fsp3) is 0.327. The number of methoxy groups -OCH3 is 1. The third kappa shape index (κ3) is 7.78. The number of fused-ring (bicyclic) bond motifs is 5. The van der Waals surface area contributed by atoms with Crippen molar-refractivity contribution >= 4 is 57.5 Å². The van der Waals surface area contributed by atoms with Gasteiger partial charge in [-0.15, -0.1) is 0 Å². The maximum Gasteiger partial charge on any atom is 0.336 e. The number of carboxylic acid groups (broad SMARTS) is 1. The van der Waals surface area contributed by atoms with Crippen molar-refractivity contribution in [1.82, 2.24) is 19.8 Å². The normalized spacial score (nSPS) is 15.4. The Hall–Kier alpha value is -6.92. The van der Waals surface area contributed by atoms with Crippen LogP contribution in [0.25, 0.3) is 16.5 Å². The van der Waals surface area contributed by atoms with Crippen LogP contribution >= 0.6 is 11.6 Å². The van der Waals surface area contributed by atoms with Gasteiger partial charge in [0.25, 0.3) is 11.8 Å². The molecule has 0 saturated heterocycles. The summed E-state index contributed by atoms with van der Waals surface area (Å²) in [5.74, 6) is 0.413. The van der Waals surface area contributed by atoms with Crippen molar-refractivity contribution < 1.29 is 33.8 Å². The Morgan fingerprint density at radius 2 is 1.51 bits per heavy atom. The van der Waals surface area contributed by atoms with Crippen molar-refractivity contribution in [2.24, 2.45) is 0 Å². The Morgan fingerprint density at radius 3 is 2.31 bits per heavy atom. The van der Waals surface area contributed by atoms with Crippen molar-refractivity contribution in [2.75, 3.05) is 51.3 Å². The standard InChI is InChI=1S/C55H52ClN5O7/c1-67-38-17-19-46-42(30-38)36(31-61(46)54(64)32-12-15-37(56)16-13-32)29-47(62)57-20-2-3-21-58-53(63)35-14-18-39(43(28-35)55(65)66)48-44-26-33-8-4-22-59-24-6-10-40(49(33)59)51(44)68-52-41-11-7-25-60-23-5-9-34(50(41)60)27-45(48)52/h12-19,26-28,30-31H,2-11,20-25,29H2,1H3,(H2-,57,58,62,63,65,66)/p+1. The van der Waals surface area contributed by atoms with Crippen LogP contribution in [0.15, 0.2) is 79.0 Å². The van der Waals surface area contributed by atoms with E-state index in [2.05, 4.69) is 32.2 Å². The minimum atomic E-state index is -1.10. The molecule has 0 aliphatic carbocycles. The number of aromatic carboxylic acids is 1. The average molecular weight is 932 g/mol. The average Bonchev–Trinajstić information content (AvgIpc) is 3.71. The maximum atomic E-state index is 13.7. The predicted molar refractivity (Wildman–Crippen MR) is 262 cm³/mol. The van der Waals surface area contributed by atoms with Crippen molar-refractivity contribution in [1.29, 1.82) is 0 Å². The lowest BCUT2D eigenvalue weighted by Gasteiger charge is -2.39. The highest BCUT2D eigenvalue weighted by Gasteiger charge is 2.36. The second-order valence-electron chi connectivity index (χ2n) is 18.6. The number of amides is 2. The van der Waals surface area contributed by atoms with Crippen LogP contribution in [0, 0.1) is 0 Å². The molecule has 6 aromatic rings. The van der Waals surface area contributed by atoms with Crippen LogP contribution in [-0.2, 0) is 36.9 Å². The summed E-state index contributed by atoms with van der Waals surface area (Å²) >= 11 is 6.06. The highest BCUT2D eigenvalue weighted by Crippen LogP contribution is 2.49. The van der Waals surface area contributed by atoms with Gasteiger partial charge in [0.2, 0.25) is 11.3 Å². The molecule has 0 spiro atoms. The van der Waals surface area contributed by atoms with Gasteiger partial charge in [0, 0.05) is 99.9 Å². The van der Waals surface area contributed by atoms with Gasteiger partial charge < -0.3 is 30.1 Å². The lowest BCUT2D eigenvalue weighted by molar-refractivity contribution is -0.120. The Bertz CT molecular complexity index is 3240. The zero-order chi connectivity index (χ0) is 46.6. The largest absolute Gasteiger partial charge is 0.497 e. The fourth-order valence-electron chi connectivity index (χ4n) is 11.3. The van der Waals surface area contributed by atoms with Crippen molar-refractivity contribution in [3.8, 4) is 17.2 Å². The third-order valence-corrected chi connectivity index (χ3v) is 14.7. The van der Waals surface area contributed by atoms with E-state index in [1.807, 2.05) is 12.1 Å². The molecule has 0 bridgehead atoms. The van der Waals surface area contributed by atoms with Gasteiger partial charge in [-0.3, -0.25) is 19.0 Å². The van der Waals surface area contributed by atoms with Crippen molar-refractivity contribution in [2.45, 2.75) is 70.6 Å². The number of rotatable bonds is 12. The number of carbonyl (C=O) groups excluding carboxylic acids is 3. The first-order valence-corrected chi connectivity index (χ1v) is 24.4. The molecular formula is C55H53ClN5O7+. The minimum Gasteiger partial charge on any atom is -0.497 e. The monoisotopic (exact) mass is 930 g/mol. The topological polar surface area (TPSA) is 142 Å². The molecule has 0 unspecified atom stereocenters. The number of carbonyl (C=O) groups is 4. The van der Waals surface area contributed by atoms with Gasteiger partial charge >= 0.3 is 5.97 Å². The van der Waals surface area contributed by atoms with E-state index in [9.17, 15) is 24.3 Å². The number of aromatic nitrogens is 1. The van der Waals surface area contributed by atoms with E-state index in [1.165, 1.54) is 39.4 Å².